The predicted octanol–water partition coefficient (Wildman–Crippen LogP) is 11.0. The Morgan fingerprint density at radius 1 is 0.595 bits per heavy atom. The van der Waals surface area contributed by atoms with Crippen molar-refractivity contribution >= 4 is 0 Å². The summed E-state index contributed by atoms with van der Waals surface area (Å²) in [4.78, 5) is 0. The molecule has 2 N–H and O–H groups in total. The van der Waals surface area contributed by atoms with Gasteiger partial charge in [-0.2, -0.15) is 0 Å². The minimum Gasteiger partial charge on any atom is -0.392 e. The molecule has 0 amide bonds. The van der Waals surface area contributed by atoms with Gasteiger partial charge in [-0.1, -0.05) is 134 Å². The Labute approximate surface area is 259 Å². The van der Waals surface area contributed by atoms with E-state index in [-0.39, 0.29) is 13.2 Å². The molecule has 0 fully saturated rings. The van der Waals surface area contributed by atoms with Crippen molar-refractivity contribution in [2.24, 2.45) is 10.8 Å². The molecular formula is C40H60O2. The number of rotatable bonds is 10. The Morgan fingerprint density at radius 3 is 1.26 bits per heavy atom. The van der Waals surface area contributed by atoms with Gasteiger partial charge >= 0.3 is 0 Å². The molecule has 0 saturated heterocycles. The second-order valence-corrected chi connectivity index (χ2v) is 13.3. The molecule has 0 spiro atoms. The lowest BCUT2D eigenvalue weighted by atomic mass is 9.72. The normalized spacial score (nSPS) is 20.9. The quantitative estimate of drug-likeness (QED) is 0.256. The van der Waals surface area contributed by atoms with E-state index in [4.69, 9.17) is 10.2 Å². The number of hydrogen-bond acceptors (Lipinski definition) is 2. The van der Waals surface area contributed by atoms with Crippen LogP contribution in [0.15, 0.2) is 117 Å². The van der Waals surface area contributed by atoms with E-state index in [0.717, 1.165) is 11.1 Å². The standard InChI is InChI=1S/2C20H30O/c2*1-16(8-6-9-17(2)13-15-21)11-12-19-18(3)10-7-14-20(19,4)5/h2*6,8-9,11-13,21H,7,10,14-15H2,1-5H3/b2*9-6+,12-11+,16-8+,17-13+. The third kappa shape index (κ3) is 14.0. The van der Waals surface area contributed by atoms with Crippen LogP contribution in [0.25, 0.3) is 0 Å². The molecule has 0 saturated carbocycles. The maximum absolute atomic E-state index is 8.81. The van der Waals surface area contributed by atoms with E-state index < -0.39 is 0 Å². The van der Waals surface area contributed by atoms with Gasteiger partial charge in [-0.05, 0) is 102 Å². The smallest absolute Gasteiger partial charge is 0.0617 e. The van der Waals surface area contributed by atoms with E-state index in [1.54, 1.807) is 12.2 Å². The summed E-state index contributed by atoms with van der Waals surface area (Å²) in [6.07, 6.45) is 32.6. The second-order valence-electron chi connectivity index (χ2n) is 13.3. The van der Waals surface area contributed by atoms with E-state index in [2.05, 4.69) is 91.8 Å². The first-order valence-electron chi connectivity index (χ1n) is 15.7. The molecule has 0 atom stereocenters. The maximum atomic E-state index is 8.81. The highest BCUT2D eigenvalue weighted by Crippen LogP contribution is 2.41. The first-order chi connectivity index (χ1) is 19.7. The van der Waals surface area contributed by atoms with E-state index >= 15 is 0 Å². The Kier molecular flexibility index (Phi) is 16.7. The first-order valence-corrected chi connectivity index (χ1v) is 15.7. The zero-order valence-corrected chi connectivity index (χ0v) is 28.5. The van der Waals surface area contributed by atoms with Gasteiger partial charge in [0.25, 0.3) is 0 Å². The van der Waals surface area contributed by atoms with Crippen LogP contribution in [0.4, 0.5) is 0 Å². The van der Waals surface area contributed by atoms with Gasteiger partial charge in [0, 0.05) is 0 Å². The molecule has 2 aliphatic rings. The molecule has 2 rings (SSSR count). The van der Waals surface area contributed by atoms with Crippen LogP contribution in [0.1, 0.15) is 108 Å². The van der Waals surface area contributed by atoms with Gasteiger partial charge in [0.05, 0.1) is 13.2 Å². The summed E-state index contributed by atoms with van der Waals surface area (Å²) >= 11 is 0. The molecule has 232 valence electrons. The summed E-state index contributed by atoms with van der Waals surface area (Å²) in [5, 5.41) is 17.6. The average Bonchev–Trinajstić information content (AvgIpc) is 2.88. The molecule has 0 aromatic rings. The van der Waals surface area contributed by atoms with Crippen molar-refractivity contribution in [2.45, 2.75) is 108 Å². The summed E-state index contributed by atoms with van der Waals surface area (Å²) in [6, 6.07) is 0. The fourth-order valence-corrected chi connectivity index (χ4v) is 5.69. The lowest BCUT2D eigenvalue weighted by Crippen LogP contribution is -2.19. The van der Waals surface area contributed by atoms with Crippen LogP contribution in [0, 0.1) is 10.8 Å². The van der Waals surface area contributed by atoms with Crippen molar-refractivity contribution in [1.29, 1.82) is 0 Å². The van der Waals surface area contributed by atoms with Gasteiger partial charge in [-0.15, -0.1) is 0 Å². The molecule has 0 aromatic heterocycles. The van der Waals surface area contributed by atoms with E-state index in [9.17, 15) is 0 Å². The van der Waals surface area contributed by atoms with Crippen LogP contribution in [0.5, 0.6) is 0 Å². The van der Waals surface area contributed by atoms with Crippen molar-refractivity contribution in [3.63, 3.8) is 0 Å². The first kappa shape index (κ1) is 37.3. The number of aliphatic hydroxyl groups is 2. The minimum atomic E-state index is 0.0985. The van der Waals surface area contributed by atoms with E-state index in [1.807, 2.05) is 38.2 Å². The van der Waals surface area contributed by atoms with E-state index in [1.165, 1.54) is 72.0 Å². The van der Waals surface area contributed by atoms with Gasteiger partial charge in [-0.25, -0.2) is 0 Å². The van der Waals surface area contributed by atoms with Crippen LogP contribution in [-0.2, 0) is 0 Å². The Balaban J connectivity index is 0.000000420. The molecular weight excluding hydrogens is 512 g/mol. The third-order valence-electron chi connectivity index (χ3n) is 8.37. The topological polar surface area (TPSA) is 40.5 Å². The van der Waals surface area contributed by atoms with Crippen molar-refractivity contribution < 1.29 is 10.2 Å². The second kappa shape index (κ2) is 18.8. The maximum Gasteiger partial charge on any atom is 0.0617 e. The highest BCUT2D eigenvalue weighted by Gasteiger charge is 2.27. The molecule has 2 aliphatic carbocycles. The Bertz CT molecular complexity index is 1090. The Morgan fingerprint density at radius 2 is 0.952 bits per heavy atom. The monoisotopic (exact) mass is 572 g/mol. The Hall–Kier alpha value is -2.68. The predicted molar refractivity (Wildman–Crippen MR) is 186 cm³/mol. The molecule has 0 bridgehead atoms. The zero-order valence-electron chi connectivity index (χ0n) is 28.5. The fraction of sp³-hybridized carbons (Fsp3) is 0.500. The minimum absolute atomic E-state index is 0.0985. The van der Waals surface area contributed by atoms with Crippen LogP contribution in [-0.4, -0.2) is 23.4 Å². The molecule has 0 radical (unpaired) electrons. The number of allylic oxidation sites excluding steroid dienone is 18. The van der Waals surface area contributed by atoms with Crippen LogP contribution in [0.2, 0.25) is 0 Å². The van der Waals surface area contributed by atoms with Gasteiger partial charge in [0.1, 0.15) is 0 Å². The fourth-order valence-electron chi connectivity index (χ4n) is 5.69. The van der Waals surface area contributed by atoms with Crippen molar-refractivity contribution in [1.82, 2.24) is 0 Å². The van der Waals surface area contributed by atoms with Crippen LogP contribution in [0.3, 0.4) is 0 Å². The van der Waals surface area contributed by atoms with Gasteiger partial charge < -0.3 is 10.2 Å². The largest absolute Gasteiger partial charge is 0.392 e. The number of hydrogen-bond donors (Lipinski definition) is 2. The lowest BCUT2D eigenvalue weighted by molar-refractivity contribution is 0.341. The SMILES string of the molecule is CC1=C(/C=C/C(C)=C/C=C/C(C)=C/CO)C(C)(C)CCC1.CC1=C(/C=C/C(C)=C/C=C/C(C)=C/CO)C(C)(C)CCC1. The highest BCUT2D eigenvalue weighted by molar-refractivity contribution is 5.38. The summed E-state index contributed by atoms with van der Waals surface area (Å²) < 4.78 is 0. The molecule has 42 heavy (non-hydrogen) atoms. The molecule has 0 aliphatic heterocycles. The van der Waals surface area contributed by atoms with E-state index in [0.29, 0.717) is 10.8 Å². The van der Waals surface area contributed by atoms with Crippen LogP contribution < -0.4 is 0 Å². The van der Waals surface area contributed by atoms with Crippen molar-refractivity contribution in [3.8, 4) is 0 Å². The van der Waals surface area contributed by atoms with Crippen LogP contribution >= 0.6 is 0 Å². The average molecular weight is 573 g/mol. The third-order valence-corrected chi connectivity index (χ3v) is 8.37. The number of aliphatic hydroxyl groups excluding tert-OH is 2. The van der Waals surface area contributed by atoms with Gasteiger partial charge in [0.2, 0.25) is 0 Å². The van der Waals surface area contributed by atoms with Gasteiger partial charge in [0.15, 0.2) is 0 Å². The summed E-state index contributed by atoms with van der Waals surface area (Å²) in [5.41, 5.74) is 11.3. The molecule has 2 nitrogen and oxygen atoms in total. The molecule has 0 unspecified atom stereocenters. The zero-order chi connectivity index (χ0) is 31.8. The molecule has 2 heteroatoms. The highest BCUT2D eigenvalue weighted by atomic mass is 16.3. The summed E-state index contributed by atoms with van der Waals surface area (Å²) in [5.74, 6) is 0. The molecule has 0 aromatic carbocycles. The van der Waals surface area contributed by atoms with Crippen molar-refractivity contribution in [3.05, 3.63) is 117 Å². The molecule has 0 heterocycles. The lowest BCUT2D eigenvalue weighted by Gasteiger charge is -2.33. The summed E-state index contributed by atoms with van der Waals surface area (Å²) in [7, 11) is 0. The van der Waals surface area contributed by atoms with Gasteiger partial charge in [-0.3, -0.25) is 0 Å². The van der Waals surface area contributed by atoms with Crippen molar-refractivity contribution in [2.75, 3.05) is 13.2 Å². The summed E-state index contributed by atoms with van der Waals surface area (Å²) in [6.45, 7) is 22.3.